The van der Waals surface area contributed by atoms with Gasteiger partial charge in [0.1, 0.15) is 6.54 Å². The molecule has 1 amide bonds. The van der Waals surface area contributed by atoms with Crippen molar-refractivity contribution in [2.45, 2.75) is 39.7 Å². The van der Waals surface area contributed by atoms with Gasteiger partial charge in [0.15, 0.2) is 5.96 Å². The van der Waals surface area contributed by atoms with Crippen LogP contribution < -0.4 is 15.5 Å². The number of ether oxygens (including phenoxy) is 1. The molecule has 3 rings (SSSR count). The number of carbonyl (C=O) groups is 1. The zero-order valence-corrected chi connectivity index (χ0v) is 21.4. The number of hydrogen-bond donors (Lipinski definition) is 2. The van der Waals surface area contributed by atoms with E-state index in [-0.39, 0.29) is 36.4 Å². The lowest BCUT2D eigenvalue weighted by atomic mass is 10.0. The van der Waals surface area contributed by atoms with Crippen molar-refractivity contribution in [3.63, 3.8) is 0 Å². The van der Waals surface area contributed by atoms with E-state index in [4.69, 9.17) is 4.74 Å². The van der Waals surface area contributed by atoms with Gasteiger partial charge in [-0.3, -0.25) is 9.69 Å². The second kappa shape index (κ2) is 13.2. The minimum absolute atomic E-state index is 0. The molecule has 1 aromatic carbocycles. The smallest absolute Gasteiger partial charge is 0.248 e. The first-order valence-electron chi connectivity index (χ1n) is 11.3. The van der Waals surface area contributed by atoms with Crippen LogP contribution in [0, 0.1) is 5.92 Å². The third kappa shape index (κ3) is 7.61. The van der Waals surface area contributed by atoms with Crippen LogP contribution in [0.3, 0.4) is 0 Å². The molecule has 0 spiro atoms. The van der Waals surface area contributed by atoms with Gasteiger partial charge in [-0.2, -0.15) is 0 Å². The van der Waals surface area contributed by atoms with E-state index < -0.39 is 0 Å². The van der Waals surface area contributed by atoms with Gasteiger partial charge in [0.25, 0.3) is 0 Å². The number of nitrogens with zero attached hydrogens (tertiary/aromatic N) is 3. The van der Waals surface area contributed by atoms with E-state index >= 15 is 0 Å². The van der Waals surface area contributed by atoms with Crippen LogP contribution >= 0.6 is 24.0 Å². The average Bonchev–Trinajstić information content (AvgIpc) is 3.19. The number of hydrogen-bond acceptors (Lipinski definition) is 4. The summed E-state index contributed by atoms with van der Waals surface area (Å²) in [5.74, 6) is 1.38. The molecular formula is C23H38IN5O2. The number of amides is 1. The third-order valence-electron chi connectivity index (χ3n) is 5.72. The zero-order chi connectivity index (χ0) is 21.3. The van der Waals surface area contributed by atoms with Crippen LogP contribution in [0.1, 0.15) is 32.8 Å². The van der Waals surface area contributed by atoms with Gasteiger partial charge in [0.05, 0.1) is 13.2 Å². The fourth-order valence-electron chi connectivity index (χ4n) is 4.23. The minimum atomic E-state index is 0. The third-order valence-corrected chi connectivity index (χ3v) is 5.72. The molecule has 1 unspecified atom stereocenters. The highest BCUT2D eigenvalue weighted by molar-refractivity contribution is 14.0. The highest BCUT2D eigenvalue weighted by atomic mass is 127. The van der Waals surface area contributed by atoms with E-state index in [1.54, 1.807) is 0 Å². The van der Waals surface area contributed by atoms with Crippen LogP contribution in [-0.4, -0.2) is 75.3 Å². The Morgan fingerprint density at radius 2 is 1.90 bits per heavy atom. The predicted octanol–water partition coefficient (Wildman–Crippen LogP) is 2.50. The maximum atomic E-state index is 12.8. The van der Waals surface area contributed by atoms with Gasteiger partial charge in [-0.05, 0) is 37.3 Å². The van der Waals surface area contributed by atoms with Crippen molar-refractivity contribution >= 4 is 41.5 Å². The molecule has 8 heteroatoms. The van der Waals surface area contributed by atoms with Crippen LogP contribution in [0.25, 0.3) is 0 Å². The molecule has 31 heavy (non-hydrogen) atoms. The highest BCUT2D eigenvalue weighted by Crippen LogP contribution is 2.27. The Labute approximate surface area is 204 Å². The molecule has 0 radical (unpaired) electrons. The highest BCUT2D eigenvalue weighted by Gasteiger charge is 2.24. The number of aliphatic imine (C=N–C) groups is 1. The maximum Gasteiger partial charge on any atom is 0.248 e. The molecule has 1 saturated heterocycles. The number of fused-ring (bicyclic) bond motifs is 1. The first kappa shape index (κ1) is 25.9. The monoisotopic (exact) mass is 543 g/mol. The first-order chi connectivity index (χ1) is 14.6. The molecule has 0 bridgehead atoms. The van der Waals surface area contributed by atoms with Crippen molar-refractivity contribution in [3.8, 4) is 0 Å². The average molecular weight is 543 g/mol. The first-order valence-corrected chi connectivity index (χ1v) is 11.3. The van der Waals surface area contributed by atoms with Crippen LogP contribution in [0.4, 0.5) is 5.69 Å². The molecule has 1 atom stereocenters. The summed E-state index contributed by atoms with van der Waals surface area (Å²) in [6.45, 7) is 12.6. The number of guanidine groups is 1. The number of anilines is 1. The molecule has 0 aliphatic carbocycles. The summed E-state index contributed by atoms with van der Waals surface area (Å²) in [5, 5.41) is 6.76. The zero-order valence-electron chi connectivity index (χ0n) is 19.1. The molecule has 1 fully saturated rings. The summed E-state index contributed by atoms with van der Waals surface area (Å²) in [7, 11) is 0. The number of nitrogens with one attached hydrogen (secondary N) is 2. The van der Waals surface area contributed by atoms with Crippen molar-refractivity contribution in [2.24, 2.45) is 10.9 Å². The van der Waals surface area contributed by atoms with Gasteiger partial charge in [0, 0.05) is 44.5 Å². The van der Waals surface area contributed by atoms with Crippen LogP contribution in [0.5, 0.6) is 0 Å². The standard InChI is InChI=1S/C23H37N5O2.HI/c1-4-24-23(25-16-20(15-18(2)3)27-11-13-30-14-12-27)26-17-22(29)28-10-9-19-7-5-6-8-21(19)28;/h5-8,18,20H,4,9-17H2,1-3H3,(H2,24,25,26);1H. The van der Waals surface area contributed by atoms with Gasteiger partial charge < -0.3 is 20.3 Å². The summed E-state index contributed by atoms with van der Waals surface area (Å²) >= 11 is 0. The fourth-order valence-corrected chi connectivity index (χ4v) is 4.23. The summed E-state index contributed by atoms with van der Waals surface area (Å²) < 4.78 is 5.52. The van der Waals surface area contributed by atoms with E-state index in [9.17, 15) is 4.79 Å². The largest absolute Gasteiger partial charge is 0.379 e. The normalized spacial score (nSPS) is 17.8. The van der Waals surface area contributed by atoms with Crippen molar-refractivity contribution in [3.05, 3.63) is 29.8 Å². The maximum absolute atomic E-state index is 12.8. The molecule has 0 saturated carbocycles. The Morgan fingerprint density at radius 1 is 1.16 bits per heavy atom. The molecule has 2 heterocycles. The number of morpholine rings is 1. The number of benzene rings is 1. The SMILES string of the molecule is CCNC(=NCC(=O)N1CCc2ccccc21)NCC(CC(C)C)N1CCOCC1.I. The van der Waals surface area contributed by atoms with Crippen LogP contribution in [0.2, 0.25) is 0 Å². The van der Waals surface area contributed by atoms with E-state index in [0.29, 0.717) is 17.9 Å². The lowest BCUT2D eigenvalue weighted by molar-refractivity contribution is -0.117. The van der Waals surface area contributed by atoms with Gasteiger partial charge >= 0.3 is 0 Å². The Balaban J connectivity index is 0.00000341. The predicted molar refractivity (Wildman–Crippen MR) is 138 cm³/mol. The summed E-state index contributed by atoms with van der Waals surface area (Å²) in [6, 6.07) is 8.56. The van der Waals surface area contributed by atoms with Gasteiger partial charge in [-0.25, -0.2) is 4.99 Å². The lowest BCUT2D eigenvalue weighted by Crippen LogP contribution is -2.51. The molecular weight excluding hydrogens is 505 g/mol. The fraction of sp³-hybridized carbons (Fsp3) is 0.652. The Hall–Kier alpha value is -1.39. The lowest BCUT2D eigenvalue weighted by Gasteiger charge is -2.35. The molecule has 1 aromatic rings. The molecule has 2 N–H and O–H groups in total. The van der Waals surface area contributed by atoms with Crippen LogP contribution in [0.15, 0.2) is 29.3 Å². The van der Waals surface area contributed by atoms with E-state index in [2.05, 4.69) is 40.4 Å². The Morgan fingerprint density at radius 3 is 2.61 bits per heavy atom. The minimum Gasteiger partial charge on any atom is -0.379 e. The topological polar surface area (TPSA) is 69.2 Å². The quantitative estimate of drug-likeness (QED) is 0.300. The number of halogens is 1. The van der Waals surface area contributed by atoms with Gasteiger partial charge in [-0.1, -0.05) is 32.0 Å². The number of para-hydroxylation sites is 1. The summed E-state index contributed by atoms with van der Waals surface area (Å²) in [6.07, 6.45) is 2.04. The van der Waals surface area contributed by atoms with E-state index in [1.165, 1.54) is 5.56 Å². The van der Waals surface area contributed by atoms with Gasteiger partial charge in [0.2, 0.25) is 5.91 Å². The van der Waals surface area contributed by atoms with Crippen molar-refractivity contribution in [2.75, 3.05) is 57.4 Å². The number of rotatable bonds is 8. The molecule has 7 nitrogen and oxygen atoms in total. The Bertz CT molecular complexity index is 722. The summed E-state index contributed by atoms with van der Waals surface area (Å²) in [5.41, 5.74) is 2.27. The van der Waals surface area contributed by atoms with Gasteiger partial charge in [-0.15, -0.1) is 24.0 Å². The van der Waals surface area contributed by atoms with Crippen molar-refractivity contribution < 1.29 is 9.53 Å². The van der Waals surface area contributed by atoms with E-state index in [1.807, 2.05) is 30.0 Å². The summed E-state index contributed by atoms with van der Waals surface area (Å²) in [4.78, 5) is 21.7. The van der Waals surface area contributed by atoms with Crippen molar-refractivity contribution in [1.29, 1.82) is 0 Å². The molecule has 2 aliphatic rings. The molecule has 174 valence electrons. The molecule has 2 aliphatic heterocycles. The second-order valence-electron chi connectivity index (χ2n) is 8.43. The number of carbonyl (C=O) groups excluding carboxylic acids is 1. The Kier molecular flexibility index (Phi) is 11.0. The van der Waals surface area contributed by atoms with Crippen molar-refractivity contribution in [1.82, 2.24) is 15.5 Å². The second-order valence-corrected chi connectivity index (χ2v) is 8.43. The van der Waals surface area contributed by atoms with Crippen LogP contribution in [-0.2, 0) is 16.0 Å². The van der Waals surface area contributed by atoms with E-state index in [0.717, 1.165) is 64.5 Å². The molecule has 0 aromatic heterocycles.